The SMILES string of the molecule is CN=C(NCC1(c2ccccc2Br)CC1)N1CCN(Cc2ccon2)CC1.I. The molecule has 1 aliphatic carbocycles. The molecule has 1 aromatic carbocycles. The van der Waals surface area contributed by atoms with Gasteiger partial charge < -0.3 is 14.7 Å². The van der Waals surface area contributed by atoms with E-state index in [9.17, 15) is 0 Å². The molecule has 0 bridgehead atoms. The summed E-state index contributed by atoms with van der Waals surface area (Å²) in [5, 5.41) is 7.65. The topological polar surface area (TPSA) is 56.9 Å². The maximum atomic E-state index is 4.93. The fourth-order valence-corrected chi connectivity index (χ4v) is 4.54. The number of benzene rings is 1. The van der Waals surface area contributed by atoms with E-state index in [1.165, 1.54) is 22.9 Å². The van der Waals surface area contributed by atoms with Crippen LogP contribution in [0.25, 0.3) is 0 Å². The first-order valence-electron chi connectivity index (χ1n) is 9.52. The summed E-state index contributed by atoms with van der Waals surface area (Å²) in [6.07, 6.45) is 4.09. The van der Waals surface area contributed by atoms with Gasteiger partial charge in [-0.1, -0.05) is 39.3 Å². The standard InChI is InChI=1S/C20H26BrN5O.HI/c1-22-19(23-15-20(7-8-20)17-4-2-3-5-18(17)21)26-11-9-25(10-12-26)14-16-6-13-27-24-16;/h2-6,13H,7-12,14-15H2,1H3,(H,22,23);1H. The first kappa shape index (κ1) is 21.6. The van der Waals surface area contributed by atoms with Crippen LogP contribution in [0.1, 0.15) is 24.1 Å². The van der Waals surface area contributed by atoms with E-state index in [0.29, 0.717) is 0 Å². The van der Waals surface area contributed by atoms with E-state index in [1.54, 1.807) is 6.26 Å². The van der Waals surface area contributed by atoms with Gasteiger partial charge >= 0.3 is 0 Å². The van der Waals surface area contributed by atoms with Crippen LogP contribution in [0.3, 0.4) is 0 Å². The molecule has 6 nitrogen and oxygen atoms in total. The summed E-state index contributed by atoms with van der Waals surface area (Å²) < 4.78 is 6.14. The van der Waals surface area contributed by atoms with Gasteiger partial charge in [0.25, 0.3) is 0 Å². The lowest BCUT2D eigenvalue weighted by atomic mass is 9.96. The Morgan fingerprint density at radius 1 is 1.21 bits per heavy atom. The molecule has 0 radical (unpaired) electrons. The number of aliphatic imine (C=N–C) groups is 1. The molecule has 1 aromatic heterocycles. The second-order valence-corrected chi connectivity index (χ2v) is 8.27. The Balaban J connectivity index is 0.00000225. The van der Waals surface area contributed by atoms with Crippen molar-refractivity contribution >= 4 is 45.9 Å². The van der Waals surface area contributed by atoms with E-state index in [-0.39, 0.29) is 29.4 Å². The van der Waals surface area contributed by atoms with Crippen LogP contribution < -0.4 is 5.32 Å². The highest BCUT2D eigenvalue weighted by Crippen LogP contribution is 2.49. The molecule has 2 heterocycles. The van der Waals surface area contributed by atoms with Crippen LogP contribution in [0, 0.1) is 0 Å². The van der Waals surface area contributed by atoms with Crippen molar-refractivity contribution in [2.45, 2.75) is 24.8 Å². The zero-order valence-electron chi connectivity index (χ0n) is 16.1. The first-order chi connectivity index (χ1) is 13.2. The molecule has 8 heteroatoms. The molecule has 152 valence electrons. The van der Waals surface area contributed by atoms with Crippen LogP contribution in [0.2, 0.25) is 0 Å². The molecule has 0 unspecified atom stereocenters. The van der Waals surface area contributed by atoms with Crippen molar-refractivity contribution in [2.24, 2.45) is 4.99 Å². The van der Waals surface area contributed by atoms with Crippen LogP contribution in [0.4, 0.5) is 0 Å². The zero-order chi connectivity index (χ0) is 18.7. The Kier molecular flexibility index (Phi) is 7.38. The lowest BCUT2D eigenvalue weighted by Crippen LogP contribution is -2.53. The maximum absolute atomic E-state index is 4.93. The van der Waals surface area contributed by atoms with Gasteiger partial charge in [0.2, 0.25) is 0 Å². The smallest absolute Gasteiger partial charge is 0.193 e. The molecule has 1 aliphatic heterocycles. The van der Waals surface area contributed by atoms with E-state index >= 15 is 0 Å². The molecular weight excluding hydrogens is 533 g/mol. The number of rotatable bonds is 5. The second-order valence-electron chi connectivity index (χ2n) is 7.41. The summed E-state index contributed by atoms with van der Waals surface area (Å²) in [7, 11) is 1.88. The lowest BCUT2D eigenvalue weighted by Gasteiger charge is -2.36. The van der Waals surface area contributed by atoms with E-state index in [4.69, 9.17) is 4.52 Å². The number of nitrogens with one attached hydrogen (secondary N) is 1. The second kappa shape index (κ2) is 9.58. The summed E-state index contributed by atoms with van der Waals surface area (Å²) in [5.74, 6) is 1.01. The molecule has 2 fully saturated rings. The predicted octanol–water partition coefficient (Wildman–Crippen LogP) is 3.48. The Bertz CT molecular complexity index is 786. The molecule has 28 heavy (non-hydrogen) atoms. The fourth-order valence-electron chi connectivity index (χ4n) is 3.83. The van der Waals surface area contributed by atoms with Crippen molar-refractivity contribution in [2.75, 3.05) is 39.8 Å². The van der Waals surface area contributed by atoms with Gasteiger partial charge in [-0.15, -0.1) is 24.0 Å². The average Bonchev–Trinajstić information content (AvgIpc) is 3.30. The Hall–Kier alpha value is -1.13. The van der Waals surface area contributed by atoms with Gasteiger partial charge in [-0.2, -0.15) is 0 Å². The number of guanidine groups is 1. The monoisotopic (exact) mass is 559 g/mol. The third-order valence-electron chi connectivity index (χ3n) is 5.64. The Morgan fingerprint density at radius 2 is 1.96 bits per heavy atom. The summed E-state index contributed by atoms with van der Waals surface area (Å²) >= 11 is 3.72. The van der Waals surface area contributed by atoms with Crippen molar-refractivity contribution in [1.82, 2.24) is 20.3 Å². The fraction of sp³-hybridized carbons (Fsp3) is 0.500. The van der Waals surface area contributed by atoms with Gasteiger partial charge in [0.1, 0.15) is 6.26 Å². The Morgan fingerprint density at radius 3 is 2.57 bits per heavy atom. The lowest BCUT2D eigenvalue weighted by molar-refractivity contribution is 0.169. The molecule has 1 N–H and O–H groups in total. The predicted molar refractivity (Wildman–Crippen MR) is 125 cm³/mol. The largest absolute Gasteiger partial charge is 0.364 e. The number of halogens is 2. The van der Waals surface area contributed by atoms with Gasteiger partial charge in [0, 0.05) is 62.3 Å². The third kappa shape index (κ3) is 4.88. The molecule has 1 saturated heterocycles. The molecule has 1 saturated carbocycles. The number of hydrogen-bond acceptors (Lipinski definition) is 4. The van der Waals surface area contributed by atoms with Gasteiger partial charge in [0.05, 0.1) is 5.69 Å². The summed E-state index contributed by atoms with van der Waals surface area (Å²) in [5.41, 5.74) is 2.64. The maximum Gasteiger partial charge on any atom is 0.193 e. The van der Waals surface area contributed by atoms with Crippen LogP contribution >= 0.6 is 39.9 Å². The van der Waals surface area contributed by atoms with Crippen LogP contribution in [0.5, 0.6) is 0 Å². The van der Waals surface area contributed by atoms with Crippen LogP contribution in [-0.4, -0.2) is 60.7 Å². The van der Waals surface area contributed by atoms with E-state index in [0.717, 1.165) is 50.9 Å². The minimum atomic E-state index is 0. The summed E-state index contributed by atoms with van der Waals surface area (Å²) in [4.78, 5) is 9.30. The molecular formula is C20H27BrIN5O. The number of piperazine rings is 1. The summed E-state index contributed by atoms with van der Waals surface area (Å²) in [6, 6.07) is 10.5. The van der Waals surface area contributed by atoms with Crippen molar-refractivity contribution in [3.8, 4) is 0 Å². The highest BCUT2D eigenvalue weighted by molar-refractivity contribution is 14.0. The van der Waals surface area contributed by atoms with Gasteiger partial charge in [-0.05, 0) is 24.5 Å². The highest BCUT2D eigenvalue weighted by atomic mass is 127. The van der Waals surface area contributed by atoms with Crippen molar-refractivity contribution < 1.29 is 4.52 Å². The van der Waals surface area contributed by atoms with Crippen LogP contribution in [-0.2, 0) is 12.0 Å². The van der Waals surface area contributed by atoms with Crippen LogP contribution in [0.15, 0.2) is 50.6 Å². The van der Waals surface area contributed by atoms with Gasteiger partial charge in [0.15, 0.2) is 5.96 Å². The zero-order valence-corrected chi connectivity index (χ0v) is 20.0. The van der Waals surface area contributed by atoms with E-state index in [1.807, 2.05) is 13.1 Å². The normalized spacial score (nSPS) is 19.2. The van der Waals surface area contributed by atoms with E-state index in [2.05, 4.69) is 65.5 Å². The molecule has 0 spiro atoms. The molecule has 2 aliphatic rings. The summed E-state index contributed by atoms with van der Waals surface area (Å²) in [6.45, 7) is 5.73. The number of nitrogens with zero attached hydrogens (tertiary/aromatic N) is 4. The quantitative estimate of drug-likeness (QED) is 0.345. The van der Waals surface area contributed by atoms with Crippen molar-refractivity contribution in [1.29, 1.82) is 0 Å². The molecule has 0 atom stereocenters. The first-order valence-corrected chi connectivity index (χ1v) is 10.3. The number of hydrogen-bond donors (Lipinski definition) is 1. The Labute approximate surface area is 191 Å². The van der Waals surface area contributed by atoms with Gasteiger partial charge in [-0.3, -0.25) is 9.89 Å². The van der Waals surface area contributed by atoms with Crippen molar-refractivity contribution in [3.05, 3.63) is 52.3 Å². The number of aromatic nitrogens is 1. The molecule has 4 rings (SSSR count). The highest BCUT2D eigenvalue weighted by Gasteiger charge is 2.45. The molecule has 2 aromatic rings. The molecule has 0 amide bonds. The van der Waals surface area contributed by atoms with Gasteiger partial charge in [-0.25, -0.2) is 0 Å². The van der Waals surface area contributed by atoms with Crippen molar-refractivity contribution in [3.63, 3.8) is 0 Å². The minimum Gasteiger partial charge on any atom is -0.364 e. The average molecular weight is 560 g/mol. The van der Waals surface area contributed by atoms with E-state index < -0.39 is 0 Å². The third-order valence-corrected chi connectivity index (χ3v) is 6.34. The minimum absolute atomic E-state index is 0.